The average Bonchev–Trinajstić information content (AvgIpc) is 3.02. The quantitative estimate of drug-likeness (QED) is 0.785. The molecule has 3 rings (SSSR count). The highest BCUT2D eigenvalue weighted by Gasteiger charge is 2.10. The monoisotopic (exact) mass is 310 g/mol. The first-order valence-corrected chi connectivity index (χ1v) is 7.46. The summed E-state index contributed by atoms with van der Waals surface area (Å²) in [5, 5.41) is 11.0. The fourth-order valence-corrected chi connectivity index (χ4v) is 2.47. The Bertz CT molecular complexity index is 841. The summed E-state index contributed by atoms with van der Waals surface area (Å²) >= 11 is 0. The van der Waals surface area contributed by atoms with Crippen molar-refractivity contribution in [1.29, 1.82) is 0 Å². The van der Waals surface area contributed by atoms with E-state index in [4.69, 9.17) is 4.74 Å². The highest BCUT2D eigenvalue weighted by Crippen LogP contribution is 2.17. The van der Waals surface area contributed by atoms with Gasteiger partial charge in [-0.3, -0.25) is 4.79 Å². The van der Waals surface area contributed by atoms with Crippen LogP contribution in [0.1, 0.15) is 22.8 Å². The predicted octanol–water partition coefficient (Wildman–Crippen LogP) is 2.39. The van der Waals surface area contributed by atoms with Gasteiger partial charge in [0.1, 0.15) is 11.3 Å². The molecule has 6 heteroatoms. The van der Waals surface area contributed by atoms with E-state index >= 15 is 0 Å². The van der Waals surface area contributed by atoms with Gasteiger partial charge in [-0.1, -0.05) is 23.4 Å². The molecule has 0 aliphatic carbocycles. The number of rotatable bonds is 5. The van der Waals surface area contributed by atoms with Gasteiger partial charge >= 0.3 is 0 Å². The molecule has 2 aromatic carbocycles. The molecule has 0 bridgehead atoms. The van der Waals surface area contributed by atoms with Gasteiger partial charge in [-0.25, -0.2) is 4.68 Å². The number of carbonyl (C=O) groups is 1. The lowest BCUT2D eigenvalue weighted by Gasteiger charge is -2.09. The number of hydrogen-bond donors (Lipinski definition) is 1. The second kappa shape index (κ2) is 6.48. The average molecular weight is 310 g/mol. The summed E-state index contributed by atoms with van der Waals surface area (Å²) < 4.78 is 7.08. The van der Waals surface area contributed by atoms with Crippen LogP contribution in [-0.2, 0) is 13.1 Å². The zero-order valence-corrected chi connectivity index (χ0v) is 13.1. The number of hydrogen-bond acceptors (Lipinski definition) is 4. The van der Waals surface area contributed by atoms with Crippen molar-refractivity contribution in [1.82, 2.24) is 20.3 Å². The molecule has 118 valence electrons. The zero-order chi connectivity index (χ0) is 16.2. The second-order valence-corrected chi connectivity index (χ2v) is 5.10. The minimum Gasteiger partial charge on any atom is -0.496 e. The van der Waals surface area contributed by atoms with Crippen LogP contribution in [0.3, 0.4) is 0 Å². The number of fused-ring (bicyclic) bond motifs is 1. The number of aryl methyl sites for hydroxylation is 1. The number of para-hydroxylation sites is 1. The van der Waals surface area contributed by atoms with Crippen LogP contribution in [0.25, 0.3) is 11.0 Å². The number of amides is 1. The van der Waals surface area contributed by atoms with Crippen molar-refractivity contribution in [3.8, 4) is 5.75 Å². The van der Waals surface area contributed by atoms with Gasteiger partial charge in [0.15, 0.2) is 0 Å². The molecule has 3 aromatic rings. The van der Waals surface area contributed by atoms with Crippen molar-refractivity contribution in [2.24, 2.45) is 0 Å². The number of ether oxygens (including phenoxy) is 1. The molecule has 0 saturated heterocycles. The van der Waals surface area contributed by atoms with Gasteiger partial charge in [-0.15, -0.1) is 5.10 Å². The Morgan fingerprint density at radius 2 is 2.09 bits per heavy atom. The first kappa shape index (κ1) is 15.0. The van der Waals surface area contributed by atoms with E-state index in [0.29, 0.717) is 12.1 Å². The fourth-order valence-electron chi connectivity index (χ4n) is 2.47. The summed E-state index contributed by atoms with van der Waals surface area (Å²) in [4.78, 5) is 12.3. The predicted molar refractivity (Wildman–Crippen MR) is 87.4 cm³/mol. The van der Waals surface area contributed by atoms with E-state index in [2.05, 4.69) is 15.6 Å². The van der Waals surface area contributed by atoms with Crippen molar-refractivity contribution in [3.63, 3.8) is 0 Å². The summed E-state index contributed by atoms with van der Waals surface area (Å²) in [6.07, 6.45) is 0. The molecule has 0 radical (unpaired) electrons. The lowest BCUT2D eigenvalue weighted by atomic mass is 10.1. The molecule has 0 spiro atoms. The van der Waals surface area contributed by atoms with Gasteiger partial charge < -0.3 is 10.1 Å². The Labute approximate surface area is 134 Å². The van der Waals surface area contributed by atoms with Gasteiger partial charge in [-0.2, -0.15) is 0 Å². The van der Waals surface area contributed by atoms with Gasteiger partial charge in [0.05, 0.1) is 12.6 Å². The second-order valence-electron chi connectivity index (χ2n) is 5.10. The third kappa shape index (κ3) is 3.01. The SMILES string of the molecule is CCn1nnc2cc(C(=O)NCc3ccccc3OC)ccc21. The van der Waals surface area contributed by atoms with Crippen molar-refractivity contribution < 1.29 is 9.53 Å². The van der Waals surface area contributed by atoms with Crippen molar-refractivity contribution in [3.05, 3.63) is 53.6 Å². The van der Waals surface area contributed by atoms with Crippen molar-refractivity contribution >= 4 is 16.9 Å². The Morgan fingerprint density at radius 3 is 2.87 bits per heavy atom. The number of benzene rings is 2. The minimum absolute atomic E-state index is 0.149. The van der Waals surface area contributed by atoms with Crippen LogP contribution in [0.4, 0.5) is 0 Å². The maximum Gasteiger partial charge on any atom is 0.251 e. The molecule has 1 N–H and O–H groups in total. The maximum absolute atomic E-state index is 12.3. The first-order chi connectivity index (χ1) is 11.2. The fraction of sp³-hybridized carbons (Fsp3) is 0.235. The van der Waals surface area contributed by atoms with Crippen LogP contribution in [0.15, 0.2) is 42.5 Å². The van der Waals surface area contributed by atoms with Crippen LogP contribution in [0, 0.1) is 0 Å². The van der Waals surface area contributed by atoms with E-state index in [1.807, 2.05) is 37.3 Å². The molecular formula is C17H18N4O2. The number of aromatic nitrogens is 3. The highest BCUT2D eigenvalue weighted by atomic mass is 16.5. The van der Waals surface area contributed by atoms with Crippen molar-refractivity contribution in [2.75, 3.05) is 7.11 Å². The smallest absolute Gasteiger partial charge is 0.251 e. The molecule has 0 saturated carbocycles. The first-order valence-electron chi connectivity index (χ1n) is 7.46. The summed E-state index contributed by atoms with van der Waals surface area (Å²) in [5.74, 6) is 0.609. The van der Waals surface area contributed by atoms with Crippen molar-refractivity contribution in [2.45, 2.75) is 20.0 Å². The Hall–Kier alpha value is -2.89. The standard InChI is InChI=1S/C17H18N4O2/c1-3-21-15-9-8-12(10-14(15)19-20-21)17(22)18-11-13-6-4-5-7-16(13)23-2/h4-10H,3,11H2,1-2H3,(H,18,22). The third-order valence-electron chi connectivity index (χ3n) is 3.71. The molecule has 0 atom stereocenters. The van der Waals surface area contributed by atoms with Crippen LogP contribution in [0.2, 0.25) is 0 Å². The minimum atomic E-state index is -0.149. The van der Waals surface area contributed by atoms with E-state index in [1.165, 1.54) is 0 Å². The molecule has 0 aliphatic heterocycles. The van der Waals surface area contributed by atoms with Gasteiger partial charge in [-0.05, 0) is 31.2 Å². The largest absolute Gasteiger partial charge is 0.496 e. The molecule has 6 nitrogen and oxygen atoms in total. The van der Waals surface area contributed by atoms with Crippen LogP contribution in [-0.4, -0.2) is 28.0 Å². The lowest BCUT2D eigenvalue weighted by molar-refractivity contribution is 0.0951. The number of nitrogens with zero attached hydrogens (tertiary/aromatic N) is 3. The van der Waals surface area contributed by atoms with E-state index in [0.717, 1.165) is 28.9 Å². The van der Waals surface area contributed by atoms with Gasteiger partial charge in [0, 0.05) is 24.2 Å². The molecule has 1 heterocycles. The van der Waals surface area contributed by atoms with E-state index in [-0.39, 0.29) is 5.91 Å². The van der Waals surface area contributed by atoms with Gasteiger partial charge in [0.2, 0.25) is 0 Å². The van der Waals surface area contributed by atoms with Crippen LogP contribution >= 0.6 is 0 Å². The normalized spacial score (nSPS) is 10.7. The summed E-state index contributed by atoms with van der Waals surface area (Å²) in [5.41, 5.74) is 3.14. The zero-order valence-electron chi connectivity index (χ0n) is 13.1. The molecule has 0 aliphatic rings. The summed E-state index contributed by atoms with van der Waals surface area (Å²) in [6, 6.07) is 13.0. The molecule has 0 fully saturated rings. The Kier molecular flexibility index (Phi) is 4.23. The molecule has 23 heavy (non-hydrogen) atoms. The third-order valence-corrected chi connectivity index (χ3v) is 3.71. The maximum atomic E-state index is 12.3. The van der Waals surface area contributed by atoms with E-state index in [1.54, 1.807) is 23.9 Å². The molecule has 1 amide bonds. The van der Waals surface area contributed by atoms with Crippen LogP contribution < -0.4 is 10.1 Å². The highest BCUT2D eigenvalue weighted by molar-refractivity contribution is 5.97. The topological polar surface area (TPSA) is 69.0 Å². The van der Waals surface area contributed by atoms with E-state index in [9.17, 15) is 4.79 Å². The van der Waals surface area contributed by atoms with Gasteiger partial charge in [0.25, 0.3) is 5.91 Å². The molecule has 0 unspecified atom stereocenters. The summed E-state index contributed by atoms with van der Waals surface area (Å²) in [7, 11) is 1.62. The Balaban J connectivity index is 1.75. The Morgan fingerprint density at radius 1 is 1.26 bits per heavy atom. The lowest BCUT2D eigenvalue weighted by Crippen LogP contribution is -2.23. The number of nitrogens with one attached hydrogen (secondary N) is 1. The van der Waals surface area contributed by atoms with E-state index < -0.39 is 0 Å². The number of methoxy groups -OCH3 is 1. The summed E-state index contributed by atoms with van der Waals surface area (Å²) in [6.45, 7) is 3.15. The van der Waals surface area contributed by atoms with Crippen LogP contribution in [0.5, 0.6) is 5.75 Å². The number of carbonyl (C=O) groups excluding carboxylic acids is 1. The molecule has 1 aromatic heterocycles. The molecular weight excluding hydrogens is 292 g/mol.